The topological polar surface area (TPSA) is 9.23 Å². The summed E-state index contributed by atoms with van der Waals surface area (Å²) in [6.45, 7) is -3.09. The molecule has 20 heavy (non-hydrogen) atoms. The van der Waals surface area contributed by atoms with E-state index in [1.807, 2.05) is 0 Å². The van der Waals surface area contributed by atoms with Crippen LogP contribution in [0.1, 0.15) is 0 Å². The van der Waals surface area contributed by atoms with E-state index in [1.54, 1.807) is 0 Å². The quantitative estimate of drug-likeness (QED) is 0.617. The fourth-order valence-corrected chi connectivity index (χ4v) is 2.26. The molecule has 1 nitrogen and oxygen atoms in total. The lowest BCUT2D eigenvalue weighted by Gasteiger charge is -2.10. The summed E-state index contributed by atoms with van der Waals surface area (Å²) in [6.07, 6.45) is 0. The first-order valence-corrected chi connectivity index (χ1v) is 6.41. The van der Waals surface area contributed by atoms with Gasteiger partial charge in [-0.1, -0.05) is 40.9 Å². The largest absolute Gasteiger partial charge is 0.432 e. The van der Waals surface area contributed by atoms with Crippen LogP contribution >= 0.6 is 34.8 Å². The number of benzene rings is 2. The Morgan fingerprint density at radius 2 is 1.55 bits per heavy atom. The van der Waals surface area contributed by atoms with Crippen LogP contribution in [-0.4, -0.2) is 6.61 Å². The molecule has 2 rings (SSSR count). The molecule has 0 heterocycles. The van der Waals surface area contributed by atoms with Crippen LogP contribution in [0.25, 0.3) is 11.1 Å². The molecular formula is C13H6Cl3F3O. The summed E-state index contributed by atoms with van der Waals surface area (Å²) in [6, 6.07) is 6.40. The number of alkyl halides is 2. The normalized spacial score (nSPS) is 10.9. The molecule has 0 aliphatic carbocycles. The number of ether oxygens (including phenoxy) is 1. The molecule has 2 aromatic carbocycles. The Morgan fingerprint density at radius 1 is 0.900 bits per heavy atom. The third kappa shape index (κ3) is 3.32. The zero-order valence-electron chi connectivity index (χ0n) is 9.64. The van der Waals surface area contributed by atoms with Gasteiger partial charge in [0.15, 0.2) is 11.6 Å². The molecule has 0 aliphatic rings. The maximum absolute atomic E-state index is 13.6. The van der Waals surface area contributed by atoms with Gasteiger partial charge in [-0.2, -0.15) is 8.78 Å². The zero-order valence-corrected chi connectivity index (χ0v) is 11.9. The van der Waals surface area contributed by atoms with E-state index in [0.29, 0.717) is 11.1 Å². The number of halogens is 6. The number of hydrogen-bond acceptors (Lipinski definition) is 1. The van der Waals surface area contributed by atoms with Crippen LogP contribution in [0.3, 0.4) is 0 Å². The van der Waals surface area contributed by atoms with E-state index < -0.39 is 18.2 Å². The van der Waals surface area contributed by atoms with E-state index in [1.165, 1.54) is 18.2 Å². The minimum Gasteiger partial charge on any atom is -0.432 e. The standard InChI is InChI=1S/C13H6Cl3F3O/c14-8-5-10(16)9(15)4-7(8)6-1-2-12(11(17)3-6)20-13(18)19/h1-5,13H. The van der Waals surface area contributed by atoms with E-state index in [2.05, 4.69) is 4.74 Å². The van der Waals surface area contributed by atoms with Crippen molar-refractivity contribution in [1.29, 1.82) is 0 Å². The molecular weight excluding hydrogens is 335 g/mol. The summed E-state index contributed by atoms with van der Waals surface area (Å²) >= 11 is 17.7. The highest BCUT2D eigenvalue weighted by Gasteiger charge is 2.13. The van der Waals surface area contributed by atoms with Crippen LogP contribution in [0.5, 0.6) is 5.75 Å². The van der Waals surface area contributed by atoms with Crippen LogP contribution in [0, 0.1) is 5.82 Å². The molecule has 106 valence electrons. The monoisotopic (exact) mass is 340 g/mol. The van der Waals surface area contributed by atoms with Gasteiger partial charge < -0.3 is 4.74 Å². The average Bonchev–Trinajstić information content (AvgIpc) is 2.36. The second-order valence-corrected chi connectivity index (χ2v) is 4.99. The minimum absolute atomic E-state index is 0.249. The van der Waals surface area contributed by atoms with E-state index >= 15 is 0 Å². The lowest BCUT2D eigenvalue weighted by atomic mass is 10.1. The lowest BCUT2D eigenvalue weighted by molar-refractivity contribution is -0.0521. The summed E-state index contributed by atoms with van der Waals surface area (Å²) in [5, 5.41) is 0.777. The molecule has 7 heteroatoms. The van der Waals surface area contributed by atoms with Gasteiger partial charge in [0.05, 0.1) is 10.0 Å². The molecule has 0 N–H and O–H groups in total. The predicted octanol–water partition coefficient (Wildman–Crippen LogP) is 6.05. The molecule has 0 bridgehead atoms. The highest BCUT2D eigenvalue weighted by atomic mass is 35.5. The fraction of sp³-hybridized carbons (Fsp3) is 0.0769. The van der Waals surface area contributed by atoms with Crippen molar-refractivity contribution >= 4 is 34.8 Å². The third-order valence-electron chi connectivity index (χ3n) is 2.47. The molecule has 0 aromatic heterocycles. The van der Waals surface area contributed by atoms with Crippen LogP contribution in [0.2, 0.25) is 15.1 Å². The van der Waals surface area contributed by atoms with Gasteiger partial charge in [-0.3, -0.25) is 0 Å². The van der Waals surface area contributed by atoms with E-state index in [0.717, 1.165) is 12.1 Å². The Labute approximate surface area is 127 Å². The Kier molecular flexibility index (Phi) is 4.68. The molecule has 0 fully saturated rings. The second-order valence-electron chi connectivity index (χ2n) is 3.77. The van der Waals surface area contributed by atoms with Crippen molar-refractivity contribution in [3.8, 4) is 16.9 Å². The highest BCUT2D eigenvalue weighted by Crippen LogP contribution is 2.36. The van der Waals surface area contributed by atoms with Crippen LogP contribution < -0.4 is 4.74 Å². The van der Waals surface area contributed by atoms with Crippen LogP contribution in [-0.2, 0) is 0 Å². The number of hydrogen-bond donors (Lipinski definition) is 0. The first-order valence-electron chi connectivity index (χ1n) is 5.27. The molecule has 0 unspecified atom stereocenters. The number of rotatable bonds is 3. The molecule has 0 saturated carbocycles. The molecule has 0 amide bonds. The van der Waals surface area contributed by atoms with Crippen molar-refractivity contribution in [1.82, 2.24) is 0 Å². The van der Waals surface area contributed by atoms with Crippen molar-refractivity contribution in [2.75, 3.05) is 0 Å². The Bertz CT molecular complexity index is 647. The van der Waals surface area contributed by atoms with Crippen molar-refractivity contribution in [3.63, 3.8) is 0 Å². The van der Waals surface area contributed by atoms with Gasteiger partial charge in [-0.25, -0.2) is 4.39 Å². The van der Waals surface area contributed by atoms with Crippen LogP contribution in [0.15, 0.2) is 30.3 Å². The van der Waals surface area contributed by atoms with Gasteiger partial charge in [0.25, 0.3) is 0 Å². The molecule has 2 aromatic rings. The summed E-state index contributed by atoms with van der Waals surface area (Å²) in [5.74, 6) is -1.47. The summed E-state index contributed by atoms with van der Waals surface area (Å²) in [4.78, 5) is 0. The molecule has 0 aliphatic heterocycles. The molecule has 0 radical (unpaired) electrons. The first-order chi connectivity index (χ1) is 9.38. The van der Waals surface area contributed by atoms with Crippen LogP contribution in [0.4, 0.5) is 13.2 Å². The van der Waals surface area contributed by atoms with Gasteiger partial charge in [0.2, 0.25) is 0 Å². The van der Waals surface area contributed by atoms with Crippen molar-refractivity contribution in [3.05, 3.63) is 51.2 Å². The van der Waals surface area contributed by atoms with Gasteiger partial charge >= 0.3 is 6.61 Å². The van der Waals surface area contributed by atoms with E-state index in [4.69, 9.17) is 34.8 Å². The minimum atomic E-state index is -3.09. The smallest absolute Gasteiger partial charge is 0.387 e. The van der Waals surface area contributed by atoms with Crippen molar-refractivity contribution < 1.29 is 17.9 Å². The molecule has 0 spiro atoms. The Hall–Kier alpha value is -1.10. The van der Waals surface area contributed by atoms with E-state index in [9.17, 15) is 13.2 Å². The Morgan fingerprint density at radius 3 is 2.15 bits per heavy atom. The lowest BCUT2D eigenvalue weighted by Crippen LogP contribution is -2.03. The zero-order chi connectivity index (χ0) is 14.9. The third-order valence-corrected chi connectivity index (χ3v) is 3.50. The SMILES string of the molecule is Fc1cc(-c2cc(Cl)c(Cl)cc2Cl)ccc1OC(F)F. The second kappa shape index (κ2) is 6.12. The van der Waals surface area contributed by atoms with Gasteiger partial charge in [-0.05, 0) is 29.8 Å². The van der Waals surface area contributed by atoms with Crippen molar-refractivity contribution in [2.45, 2.75) is 6.61 Å². The average molecular weight is 342 g/mol. The summed E-state index contributed by atoms with van der Waals surface area (Å²) in [5.41, 5.74) is 0.802. The fourth-order valence-electron chi connectivity index (χ4n) is 1.60. The van der Waals surface area contributed by atoms with Gasteiger partial charge in [0, 0.05) is 10.6 Å². The first kappa shape index (κ1) is 15.3. The summed E-state index contributed by atoms with van der Waals surface area (Å²) in [7, 11) is 0. The van der Waals surface area contributed by atoms with E-state index in [-0.39, 0.29) is 15.1 Å². The predicted molar refractivity (Wildman–Crippen MR) is 73.5 cm³/mol. The highest BCUT2D eigenvalue weighted by molar-refractivity contribution is 6.44. The summed E-state index contributed by atoms with van der Waals surface area (Å²) < 4.78 is 41.8. The molecule has 0 atom stereocenters. The molecule has 0 saturated heterocycles. The maximum Gasteiger partial charge on any atom is 0.387 e. The van der Waals surface area contributed by atoms with Gasteiger partial charge in [0.1, 0.15) is 0 Å². The van der Waals surface area contributed by atoms with Crippen molar-refractivity contribution in [2.24, 2.45) is 0 Å². The van der Waals surface area contributed by atoms with Gasteiger partial charge in [-0.15, -0.1) is 0 Å². The maximum atomic E-state index is 13.6. The Balaban J connectivity index is 2.44.